The van der Waals surface area contributed by atoms with Gasteiger partial charge in [-0.3, -0.25) is 4.79 Å². The van der Waals surface area contributed by atoms with E-state index >= 15 is 0 Å². The first-order valence-electron chi connectivity index (χ1n) is 31.1. The monoisotopic (exact) mass is 1300 g/mol. The summed E-state index contributed by atoms with van der Waals surface area (Å²) >= 11 is 12.2. The maximum Gasteiger partial charge on any atom is 0.338 e. The third-order valence-corrected chi connectivity index (χ3v) is 20.1. The molecule has 2 atom stereocenters. The van der Waals surface area contributed by atoms with Gasteiger partial charge in [0.1, 0.15) is 21.9 Å². The molecule has 0 spiro atoms. The summed E-state index contributed by atoms with van der Waals surface area (Å²) in [5.74, 6) is 2.53. The Morgan fingerprint density at radius 1 is 0.596 bits per heavy atom. The number of aromatic nitrogens is 8. The molecule has 0 aliphatic heterocycles. The summed E-state index contributed by atoms with van der Waals surface area (Å²) in [4.78, 5) is 40.3. The van der Waals surface area contributed by atoms with Crippen molar-refractivity contribution in [1.29, 1.82) is 0 Å². The Hall–Kier alpha value is -6.40. The van der Waals surface area contributed by atoms with Gasteiger partial charge < -0.3 is 25.2 Å². The van der Waals surface area contributed by atoms with Crippen molar-refractivity contribution in [3.63, 3.8) is 0 Å². The quantitative estimate of drug-likeness (QED) is 0.0215. The molecular weight excluding hydrogens is 1220 g/mol. The number of carbonyl (C=O) groups is 2. The molecule has 0 saturated heterocycles. The highest BCUT2D eigenvalue weighted by Crippen LogP contribution is 2.49. The Labute approximate surface area is 534 Å². The van der Waals surface area contributed by atoms with Gasteiger partial charge in [0.15, 0.2) is 21.7 Å². The van der Waals surface area contributed by atoms with Gasteiger partial charge in [0.25, 0.3) is 26.0 Å². The molecule has 2 unspecified atom stereocenters. The van der Waals surface area contributed by atoms with Crippen LogP contribution in [-0.2, 0) is 20.0 Å². The number of carboxylic acids is 1. The van der Waals surface area contributed by atoms with E-state index in [4.69, 9.17) is 42.9 Å². The molecule has 0 bridgehead atoms. The average Bonchev–Trinajstić information content (AvgIpc) is 3.19. The number of hydrogen-bond donors (Lipinski definition) is 5. The van der Waals surface area contributed by atoms with Crippen LogP contribution < -0.4 is 30.0 Å². The Morgan fingerprint density at radius 2 is 1.04 bits per heavy atom. The summed E-state index contributed by atoms with van der Waals surface area (Å²) in [5, 5.41) is 28.4. The van der Waals surface area contributed by atoms with Crippen LogP contribution in [0.25, 0.3) is 11.6 Å². The molecule has 6 N–H and O–H groups in total. The van der Waals surface area contributed by atoms with Crippen LogP contribution in [0.4, 0.5) is 11.6 Å². The Balaban J connectivity index is 0.000000191. The van der Waals surface area contributed by atoms with Crippen LogP contribution in [0.2, 0.25) is 10.3 Å². The predicted molar refractivity (Wildman–Crippen MR) is 345 cm³/mol. The molecule has 4 aliphatic rings. The number of sulfonamides is 2. The van der Waals surface area contributed by atoms with Gasteiger partial charge in [0.2, 0.25) is 11.8 Å². The molecule has 4 fully saturated rings. The van der Waals surface area contributed by atoms with Crippen molar-refractivity contribution in [2.75, 3.05) is 36.9 Å². The first-order valence-corrected chi connectivity index (χ1v) is 34.9. The van der Waals surface area contributed by atoms with Crippen LogP contribution in [-0.4, -0.2) is 99.6 Å². The standard InChI is InChI=1S/C32H43ClN6O4S.C17H29N3O2S.C15H16ClN3O3/c1-31(2)15-13-23(22-31)8-5-4-6-19-34-25-9-7-10-28(35-25)44(41,42)38-30(40)24-11-12-26(36-29(24)33)39-20-14-27(37-39)43-21-18-32(3)16-17-32;1-17(2)11-10-14(13-17)7-4-3-5-12-19-15-8-6-9-16(20-15)23(18,21)22;1-15(5-6-15)7-9-22-12-4-8-19(18-12)11-3-2-10(14(20)21)13(16)17-11/h7,9-12,14,20,23H,4-6,8,13,15-19,21-22H2,1-3H3,(H,34,35)(H,38,40);6,8-9,14H,3-5,7,10-13H2,1-2H3,(H,19,20)(H2,18,21,22);2-4,8H,5-7,9H2,1H3,(H,20,21). The van der Waals surface area contributed by atoms with E-state index < -0.39 is 31.9 Å². The molecule has 0 radical (unpaired) electrons. The highest BCUT2D eigenvalue weighted by Gasteiger charge is 2.38. The van der Waals surface area contributed by atoms with E-state index in [1.54, 1.807) is 54.9 Å². The second kappa shape index (κ2) is 30.1. The zero-order chi connectivity index (χ0) is 64.0. The molecule has 10 rings (SSSR count). The lowest BCUT2D eigenvalue weighted by molar-refractivity contribution is 0.0696. The first-order chi connectivity index (χ1) is 42.1. The summed E-state index contributed by atoms with van der Waals surface area (Å²) in [6, 6.07) is 18.8. The maximum absolute atomic E-state index is 13.0. The molecule has 1 amide bonds. The van der Waals surface area contributed by atoms with Gasteiger partial charge in [0, 0.05) is 37.6 Å². The topological polar surface area (TPSA) is 290 Å². The molecule has 4 saturated carbocycles. The van der Waals surface area contributed by atoms with E-state index in [-0.39, 0.29) is 31.5 Å². The van der Waals surface area contributed by atoms with Crippen LogP contribution in [0.1, 0.15) is 191 Å². The number of halogens is 2. The fraction of sp³-hybridized carbons (Fsp3) is 0.562. The van der Waals surface area contributed by atoms with Crippen molar-refractivity contribution in [2.45, 2.75) is 180 Å². The van der Waals surface area contributed by atoms with Crippen LogP contribution in [0.5, 0.6) is 11.8 Å². The number of anilines is 2. The number of nitrogens with zero attached hydrogens (tertiary/aromatic N) is 8. The molecule has 21 nitrogen and oxygen atoms in total. The molecule has 4 aliphatic carbocycles. The molecule has 6 aromatic heterocycles. The zero-order valence-electron chi connectivity index (χ0n) is 52.1. The van der Waals surface area contributed by atoms with E-state index in [0.29, 0.717) is 76.4 Å². The van der Waals surface area contributed by atoms with E-state index in [0.717, 1.165) is 50.5 Å². The van der Waals surface area contributed by atoms with Gasteiger partial charge in [-0.2, -0.15) is 8.42 Å². The summed E-state index contributed by atoms with van der Waals surface area (Å²) in [6.07, 6.45) is 27.9. The molecule has 25 heteroatoms. The van der Waals surface area contributed by atoms with Crippen molar-refractivity contribution in [2.24, 2.45) is 38.6 Å². The minimum atomic E-state index is -4.25. The molecule has 0 aromatic carbocycles. The largest absolute Gasteiger partial charge is 0.478 e. The van der Waals surface area contributed by atoms with E-state index in [9.17, 15) is 26.4 Å². The maximum atomic E-state index is 13.0. The van der Waals surface area contributed by atoms with Gasteiger partial charge in [-0.1, -0.05) is 115 Å². The second-order valence-electron chi connectivity index (χ2n) is 26.6. The fourth-order valence-electron chi connectivity index (χ4n) is 11.3. The minimum absolute atomic E-state index is 0.0354. The van der Waals surface area contributed by atoms with Gasteiger partial charge in [-0.15, -0.1) is 10.2 Å². The Bertz CT molecular complexity index is 3590. The van der Waals surface area contributed by atoms with Crippen molar-refractivity contribution >= 4 is 66.8 Å². The normalized spacial score (nSPS) is 18.3. The van der Waals surface area contributed by atoms with Crippen molar-refractivity contribution in [1.82, 2.24) is 44.2 Å². The predicted octanol–water partition coefficient (Wildman–Crippen LogP) is 13.5. The van der Waals surface area contributed by atoms with E-state index in [2.05, 4.69) is 87.0 Å². The summed E-state index contributed by atoms with van der Waals surface area (Å²) in [7, 11) is -7.99. The van der Waals surface area contributed by atoms with Crippen LogP contribution in [0, 0.1) is 33.5 Å². The lowest BCUT2D eigenvalue weighted by atomic mass is 9.89. The molecule has 6 aromatic rings. The number of carbonyl (C=O) groups excluding carboxylic acids is 1. The molecule has 6 heterocycles. The summed E-state index contributed by atoms with van der Waals surface area (Å²) in [5.41, 5.74) is 1.76. The van der Waals surface area contributed by atoms with Gasteiger partial charge >= 0.3 is 5.97 Å². The second-order valence-corrected chi connectivity index (χ2v) is 30.5. The number of aromatic carboxylic acids is 1. The SMILES string of the molecule is CC1(C)CCC(CCCCCNc2cccc(S(=O)(=O)NC(=O)c3ccc(-n4ccc(OCCC5(C)CC5)n4)nc3Cl)n2)C1.CC1(C)CCC(CCCCCNc2cccc(S(N)(=O)=O)n2)C1.CC1(CCOc2ccn(-c3ccc(C(=O)O)c(Cl)n3)n2)CC1. The summed E-state index contributed by atoms with van der Waals surface area (Å²) < 4.78 is 64.9. The molecule has 484 valence electrons. The van der Waals surface area contributed by atoms with Crippen LogP contribution in [0.3, 0.4) is 0 Å². The number of hydrogen-bond acceptors (Lipinski definition) is 16. The van der Waals surface area contributed by atoms with Gasteiger partial charge in [0.05, 0.1) is 24.3 Å². The number of rotatable bonds is 29. The number of primary sulfonamides is 1. The van der Waals surface area contributed by atoms with Crippen LogP contribution >= 0.6 is 23.2 Å². The van der Waals surface area contributed by atoms with Crippen molar-refractivity contribution < 1.29 is 41.0 Å². The van der Waals surface area contributed by atoms with E-state index in [1.807, 2.05) is 0 Å². The van der Waals surface area contributed by atoms with Crippen molar-refractivity contribution in [3.8, 4) is 23.4 Å². The first kappa shape index (κ1) is 68.5. The number of ether oxygens (including phenoxy) is 2. The van der Waals surface area contributed by atoms with Gasteiger partial charge in [-0.05, 0) is 172 Å². The van der Waals surface area contributed by atoms with Crippen molar-refractivity contribution in [3.05, 3.63) is 107 Å². The number of nitrogens with two attached hydrogens (primary N) is 1. The summed E-state index contributed by atoms with van der Waals surface area (Å²) in [6.45, 7) is 16.7. The third-order valence-electron chi connectivity index (χ3n) is 17.4. The third kappa shape index (κ3) is 21.6. The number of nitrogens with one attached hydrogen (secondary N) is 3. The van der Waals surface area contributed by atoms with E-state index in [1.165, 1.54) is 136 Å². The molecule has 89 heavy (non-hydrogen) atoms. The number of unbranched alkanes of at least 4 members (excludes halogenated alkanes) is 4. The highest BCUT2D eigenvalue weighted by atomic mass is 35.5. The smallest absolute Gasteiger partial charge is 0.338 e. The molecular formula is C64H88Cl2N12O9S2. The number of amides is 1. The fourth-order valence-corrected chi connectivity index (χ4v) is 13.2. The zero-order valence-corrected chi connectivity index (χ0v) is 55.3. The Kier molecular flexibility index (Phi) is 23.2. The lowest BCUT2D eigenvalue weighted by Crippen LogP contribution is -2.31. The number of pyridine rings is 4. The highest BCUT2D eigenvalue weighted by molar-refractivity contribution is 7.90. The number of carboxylic acid groups (broad SMARTS) is 1. The van der Waals surface area contributed by atoms with Gasteiger partial charge in [-0.25, -0.2) is 52.4 Å². The lowest BCUT2D eigenvalue weighted by Gasteiger charge is -2.17. The minimum Gasteiger partial charge on any atom is -0.478 e. The average molecular weight is 1300 g/mol. The Morgan fingerprint density at radius 3 is 1.46 bits per heavy atom. The van der Waals surface area contributed by atoms with Crippen LogP contribution in [0.15, 0.2) is 95.2 Å².